The summed E-state index contributed by atoms with van der Waals surface area (Å²) in [6, 6.07) is 16.1. The van der Waals surface area contributed by atoms with Crippen molar-refractivity contribution in [3.8, 4) is 0 Å². The van der Waals surface area contributed by atoms with Crippen LogP contribution in [0.5, 0.6) is 0 Å². The molecule has 0 amide bonds. The summed E-state index contributed by atoms with van der Waals surface area (Å²) in [6.07, 6.45) is -3.18. The van der Waals surface area contributed by atoms with E-state index in [1.54, 1.807) is 0 Å². The predicted octanol–water partition coefficient (Wildman–Crippen LogP) is 7.58. The van der Waals surface area contributed by atoms with Gasteiger partial charge in [0.15, 0.2) is 0 Å². The Morgan fingerprint density at radius 1 is 1.03 bits per heavy atom. The van der Waals surface area contributed by atoms with Crippen LogP contribution < -0.4 is 4.72 Å². The Hall–Kier alpha value is -2.84. The third-order valence-electron chi connectivity index (χ3n) is 5.29. The van der Waals surface area contributed by atoms with Crippen LogP contribution in [0.25, 0.3) is 0 Å². The average molecular weight is 509 g/mol. The third-order valence-corrected chi connectivity index (χ3v) is 6.92. The Kier molecular flexibility index (Phi) is 8.05. The molecule has 1 N–H and O–H groups in total. The number of para-hydroxylation sites is 1. The number of hydrogen-bond donors (Lipinski definition) is 1. The maximum Gasteiger partial charge on any atom is 0.416 e. The molecule has 3 aromatic rings. The van der Waals surface area contributed by atoms with Gasteiger partial charge in [0.2, 0.25) is 0 Å². The molecule has 0 bridgehead atoms. The number of rotatable bonds is 8. The minimum Gasteiger partial charge on any atom is -0.279 e. The number of alkyl halides is 3. The number of anilines is 1. The van der Waals surface area contributed by atoms with E-state index in [4.69, 9.17) is 16.6 Å². The molecule has 4 nitrogen and oxygen atoms in total. The Morgan fingerprint density at radius 2 is 1.71 bits per heavy atom. The van der Waals surface area contributed by atoms with E-state index in [9.17, 15) is 21.6 Å². The van der Waals surface area contributed by atoms with Crippen molar-refractivity contribution in [2.45, 2.75) is 44.2 Å². The topological polar surface area (TPSA) is 58.5 Å². The van der Waals surface area contributed by atoms with Crippen molar-refractivity contribution in [1.82, 2.24) is 0 Å². The van der Waals surface area contributed by atoms with Crippen molar-refractivity contribution in [2.75, 3.05) is 4.72 Å². The molecule has 0 atom stereocenters. The normalized spacial score (nSPS) is 12.6. The number of sulfonamides is 1. The fraction of sp³-hybridized carbons (Fsp3) is 0.240. The van der Waals surface area contributed by atoms with E-state index >= 15 is 0 Å². The van der Waals surface area contributed by atoms with Gasteiger partial charge in [0, 0.05) is 10.7 Å². The molecule has 0 aromatic heterocycles. The molecule has 180 valence electrons. The van der Waals surface area contributed by atoms with Crippen LogP contribution in [0, 0.1) is 6.92 Å². The van der Waals surface area contributed by atoms with Crippen LogP contribution in [0.3, 0.4) is 0 Å². The first kappa shape index (κ1) is 25.8. The summed E-state index contributed by atoms with van der Waals surface area (Å²) in [6.45, 7) is 3.90. The molecule has 0 saturated heterocycles. The van der Waals surface area contributed by atoms with Gasteiger partial charge in [0.05, 0.1) is 21.8 Å². The molecule has 0 heterocycles. The van der Waals surface area contributed by atoms with E-state index in [-0.39, 0.29) is 10.6 Å². The second-order valence-electron chi connectivity index (χ2n) is 7.75. The Balaban J connectivity index is 1.92. The molecule has 0 aliphatic heterocycles. The van der Waals surface area contributed by atoms with Gasteiger partial charge in [-0.1, -0.05) is 42.8 Å². The molecule has 0 aliphatic rings. The minimum atomic E-state index is -4.61. The fourth-order valence-corrected chi connectivity index (χ4v) is 4.55. The molecular formula is C25H24ClF3N2O2S. The quantitative estimate of drug-likeness (QED) is 0.319. The summed E-state index contributed by atoms with van der Waals surface area (Å²) in [5.41, 5.74) is 2.09. The van der Waals surface area contributed by atoms with Gasteiger partial charge in [-0.25, -0.2) is 8.42 Å². The van der Waals surface area contributed by atoms with Gasteiger partial charge in [0.25, 0.3) is 10.0 Å². The number of hydrogen-bond acceptors (Lipinski definition) is 3. The summed E-state index contributed by atoms with van der Waals surface area (Å²) in [4.78, 5) is 4.59. The Bertz CT molecular complexity index is 1290. The van der Waals surface area contributed by atoms with Crippen molar-refractivity contribution in [1.29, 1.82) is 0 Å². The molecule has 0 aliphatic carbocycles. The summed E-state index contributed by atoms with van der Waals surface area (Å²) in [5.74, 6) is 0. The Labute approximate surface area is 202 Å². The van der Waals surface area contributed by atoms with Crippen molar-refractivity contribution < 1.29 is 21.6 Å². The van der Waals surface area contributed by atoms with Gasteiger partial charge in [-0.3, -0.25) is 9.71 Å². The number of aliphatic imine (C=N–C) groups is 1. The van der Waals surface area contributed by atoms with Crippen LogP contribution >= 0.6 is 11.6 Å². The van der Waals surface area contributed by atoms with E-state index in [1.165, 1.54) is 30.3 Å². The number of nitrogens with zero attached hydrogens (tertiary/aromatic N) is 1. The van der Waals surface area contributed by atoms with E-state index in [2.05, 4.69) is 4.72 Å². The SMILES string of the molecule is CCC(CCc1ccc(C(F)(F)F)cc1NS(=O)(=O)c1ccc(Cl)cc1)=Nc1ccccc1C. The van der Waals surface area contributed by atoms with Crippen molar-refractivity contribution in [3.05, 3.63) is 88.4 Å². The lowest BCUT2D eigenvalue weighted by atomic mass is 10.0. The lowest BCUT2D eigenvalue weighted by molar-refractivity contribution is -0.137. The highest BCUT2D eigenvalue weighted by Crippen LogP contribution is 2.33. The molecule has 34 heavy (non-hydrogen) atoms. The van der Waals surface area contributed by atoms with Gasteiger partial charge in [-0.15, -0.1) is 0 Å². The molecule has 0 unspecified atom stereocenters. The second kappa shape index (κ2) is 10.6. The van der Waals surface area contributed by atoms with Gasteiger partial charge in [0.1, 0.15) is 0 Å². The summed E-state index contributed by atoms with van der Waals surface area (Å²) >= 11 is 5.82. The molecule has 0 fully saturated rings. The highest BCUT2D eigenvalue weighted by Gasteiger charge is 2.31. The number of benzene rings is 3. The van der Waals surface area contributed by atoms with Gasteiger partial charge in [-0.05, 0) is 79.8 Å². The smallest absolute Gasteiger partial charge is 0.279 e. The predicted molar refractivity (Wildman–Crippen MR) is 131 cm³/mol. The molecule has 0 saturated carbocycles. The first-order chi connectivity index (χ1) is 16.0. The third kappa shape index (κ3) is 6.61. The van der Waals surface area contributed by atoms with Gasteiger partial charge in [-0.2, -0.15) is 13.2 Å². The van der Waals surface area contributed by atoms with Crippen LogP contribution in [0.1, 0.15) is 36.5 Å². The Morgan fingerprint density at radius 3 is 2.32 bits per heavy atom. The maximum absolute atomic E-state index is 13.3. The van der Waals surface area contributed by atoms with E-state index in [0.717, 1.165) is 29.1 Å². The molecule has 9 heteroatoms. The zero-order chi connectivity index (χ0) is 24.9. The van der Waals surface area contributed by atoms with Crippen LogP contribution in [-0.2, 0) is 22.6 Å². The maximum atomic E-state index is 13.3. The number of nitrogens with one attached hydrogen (secondary N) is 1. The zero-order valence-corrected chi connectivity index (χ0v) is 20.2. The molecule has 0 radical (unpaired) electrons. The number of halogens is 4. The molecular weight excluding hydrogens is 485 g/mol. The molecule has 3 rings (SSSR count). The second-order valence-corrected chi connectivity index (χ2v) is 9.87. The minimum absolute atomic E-state index is 0.101. The van der Waals surface area contributed by atoms with Gasteiger partial charge < -0.3 is 0 Å². The average Bonchev–Trinajstić information content (AvgIpc) is 2.78. The van der Waals surface area contributed by atoms with Crippen molar-refractivity contribution >= 4 is 38.7 Å². The van der Waals surface area contributed by atoms with Crippen LogP contribution in [0.2, 0.25) is 5.02 Å². The van der Waals surface area contributed by atoms with Gasteiger partial charge >= 0.3 is 6.18 Å². The van der Waals surface area contributed by atoms with Crippen molar-refractivity contribution in [3.63, 3.8) is 0 Å². The monoisotopic (exact) mass is 508 g/mol. The van der Waals surface area contributed by atoms with E-state index in [1.807, 2.05) is 38.1 Å². The lowest BCUT2D eigenvalue weighted by Gasteiger charge is -2.16. The van der Waals surface area contributed by atoms with Crippen LogP contribution in [-0.4, -0.2) is 14.1 Å². The van der Waals surface area contributed by atoms with Crippen LogP contribution in [0.4, 0.5) is 24.5 Å². The largest absolute Gasteiger partial charge is 0.416 e. The summed E-state index contributed by atoms with van der Waals surface area (Å²) in [5, 5.41) is 0.346. The first-order valence-corrected chi connectivity index (χ1v) is 12.5. The van der Waals surface area contributed by atoms with E-state index in [0.29, 0.717) is 29.8 Å². The zero-order valence-electron chi connectivity index (χ0n) is 18.7. The molecule has 3 aromatic carbocycles. The summed E-state index contributed by atoms with van der Waals surface area (Å²) in [7, 11) is -4.12. The van der Waals surface area contributed by atoms with E-state index < -0.39 is 21.8 Å². The summed E-state index contributed by atoms with van der Waals surface area (Å²) < 4.78 is 68.0. The first-order valence-electron chi connectivity index (χ1n) is 10.6. The highest BCUT2D eigenvalue weighted by molar-refractivity contribution is 7.92. The fourth-order valence-electron chi connectivity index (χ4n) is 3.33. The molecule has 0 spiro atoms. The van der Waals surface area contributed by atoms with Crippen molar-refractivity contribution in [2.24, 2.45) is 4.99 Å². The van der Waals surface area contributed by atoms with Crippen LogP contribution in [0.15, 0.2) is 76.6 Å². The standard InChI is InChI=1S/C25H24ClF3N2O2S/c1-3-21(30-23-7-5-4-6-17(23)2)13-9-18-8-10-19(25(27,28)29)16-24(18)31-34(32,33)22-14-11-20(26)12-15-22/h4-8,10-12,14-16,31H,3,9,13H2,1-2H3. The number of aryl methyl sites for hydroxylation is 2. The lowest BCUT2D eigenvalue weighted by Crippen LogP contribution is -2.16. The highest BCUT2D eigenvalue weighted by atomic mass is 35.5.